The van der Waals surface area contributed by atoms with E-state index in [1.165, 1.54) is 22.5 Å². The molecule has 0 aliphatic carbocycles. The van der Waals surface area contributed by atoms with Crippen LogP contribution >= 0.6 is 0 Å². The molecular formula is C21H25FN2O4S. The Morgan fingerprint density at radius 2 is 1.83 bits per heavy atom. The van der Waals surface area contributed by atoms with Gasteiger partial charge in [-0.1, -0.05) is 25.1 Å². The van der Waals surface area contributed by atoms with Gasteiger partial charge in [0, 0.05) is 25.0 Å². The number of amides is 1. The topological polar surface area (TPSA) is 75.7 Å². The minimum absolute atomic E-state index is 0.0648. The van der Waals surface area contributed by atoms with Crippen molar-refractivity contribution in [2.45, 2.75) is 31.2 Å². The fraction of sp³-hybridized carbons (Fsp3) is 0.381. The lowest BCUT2D eigenvalue weighted by molar-refractivity contribution is -0.132. The second kappa shape index (κ2) is 8.51. The summed E-state index contributed by atoms with van der Waals surface area (Å²) in [6, 6.07) is 12.4. The fourth-order valence-corrected chi connectivity index (χ4v) is 4.84. The van der Waals surface area contributed by atoms with Crippen LogP contribution in [0.1, 0.15) is 25.3 Å². The van der Waals surface area contributed by atoms with Crippen molar-refractivity contribution in [1.29, 1.82) is 0 Å². The van der Waals surface area contributed by atoms with Gasteiger partial charge >= 0.3 is 0 Å². The summed E-state index contributed by atoms with van der Waals surface area (Å²) in [5.74, 6) is 0.0564. The fourth-order valence-electron chi connectivity index (χ4n) is 3.36. The zero-order chi connectivity index (χ0) is 21.1. The first-order valence-corrected chi connectivity index (χ1v) is 10.9. The maximum atomic E-state index is 13.4. The number of carbonyl (C=O) groups is 1. The number of halogens is 1. The van der Waals surface area contributed by atoms with E-state index in [0.717, 1.165) is 17.4 Å². The van der Waals surface area contributed by atoms with Crippen LogP contribution in [0.5, 0.6) is 5.75 Å². The molecule has 0 aromatic heterocycles. The zero-order valence-corrected chi connectivity index (χ0v) is 17.3. The maximum Gasteiger partial charge on any atom is 0.243 e. The molecule has 1 aliphatic rings. The Morgan fingerprint density at radius 3 is 2.41 bits per heavy atom. The van der Waals surface area contributed by atoms with E-state index < -0.39 is 21.3 Å². The lowest BCUT2D eigenvalue weighted by atomic mass is 9.80. The molecule has 0 saturated carbocycles. The molecule has 6 nitrogen and oxygen atoms in total. The first-order chi connectivity index (χ1) is 13.7. The molecule has 3 rings (SSSR count). The summed E-state index contributed by atoms with van der Waals surface area (Å²) in [4.78, 5) is 12.7. The summed E-state index contributed by atoms with van der Waals surface area (Å²) >= 11 is 0. The van der Waals surface area contributed by atoms with Crippen LogP contribution in [0.15, 0.2) is 53.4 Å². The number of rotatable bonds is 6. The molecular weight excluding hydrogens is 395 g/mol. The molecule has 1 heterocycles. The van der Waals surface area contributed by atoms with Gasteiger partial charge in [-0.3, -0.25) is 4.79 Å². The Kier molecular flexibility index (Phi) is 6.24. The van der Waals surface area contributed by atoms with Gasteiger partial charge in [0.1, 0.15) is 11.6 Å². The molecule has 0 bridgehead atoms. The van der Waals surface area contributed by atoms with E-state index in [0.29, 0.717) is 19.4 Å². The van der Waals surface area contributed by atoms with Crippen molar-refractivity contribution < 1.29 is 22.3 Å². The quantitative estimate of drug-likeness (QED) is 0.780. The molecule has 1 N–H and O–H groups in total. The second-order valence-corrected chi connectivity index (χ2v) is 9.39. The van der Waals surface area contributed by atoms with Gasteiger partial charge in [0.15, 0.2) is 0 Å². The third kappa shape index (κ3) is 4.76. The van der Waals surface area contributed by atoms with Crippen molar-refractivity contribution in [2.24, 2.45) is 5.41 Å². The standard InChI is InChI=1S/C21H25FN2O4S/c1-21(20(25)23-15-16-6-8-18(28-2)9-7-16)10-12-24(13-11-21)29(26,27)19-5-3-4-17(22)14-19/h3-9,14H,10-13,15H2,1-2H3,(H,23,25). The first-order valence-electron chi connectivity index (χ1n) is 9.41. The van der Waals surface area contributed by atoms with E-state index in [-0.39, 0.29) is 23.9 Å². The number of methoxy groups -OCH3 is 1. The third-order valence-corrected chi connectivity index (χ3v) is 7.31. The van der Waals surface area contributed by atoms with Crippen LogP contribution in [-0.2, 0) is 21.4 Å². The highest BCUT2D eigenvalue weighted by Gasteiger charge is 2.40. The number of ether oxygens (including phenoxy) is 1. The minimum atomic E-state index is -3.77. The summed E-state index contributed by atoms with van der Waals surface area (Å²) in [5.41, 5.74) is 0.300. The van der Waals surface area contributed by atoms with Gasteiger partial charge in [-0.05, 0) is 48.7 Å². The SMILES string of the molecule is COc1ccc(CNC(=O)C2(C)CCN(S(=O)(=O)c3cccc(F)c3)CC2)cc1. The van der Waals surface area contributed by atoms with Crippen molar-refractivity contribution in [3.63, 3.8) is 0 Å². The van der Waals surface area contributed by atoms with Crippen molar-refractivity contribution in [1.82, 2.24) is 9.62 Å². The van der Waals surface area contributed by atoms with Crippen LogP contribution in [0.4, 0.5) is 4.39 Å². The summed E-state index contributed by atoms with van der Waals surface area (Å²) in [7, 11) is -2.18. The highest BCUT2D eigenvalue weighted by Crippen LogP contribution is 2.33. The molecule has 1 aliphatic heterocycles. The maximum absolute atomic E-state index is 13.4. The van der Waals surface area contributed by atoms with Gasteiger partial charge in [0.25, 0.3) is 0 Å². The van der Waals surface area contributed by atoms with Crippen molar-refractivity contribution in [3.8, 4) is 5.75 Å². The molecule has 1 amide bonds. The Balaban J connectivity index is 1.59. The molecule has 0 radical (unpaired) electrons. The van der Waals surface area contributed by atoms with E-state index in [1.807, 2.05) is 31.2 Å². The lowest BCUT2D eigenvalue weighted by Gasteiger charge is -2.37. The van der Waals surface area contributed by atoms with Gasteiger partial charge in [-0.25, -0.2) is 12.8 Å². The van der Waals surface area contributed by atoms with E-state index in [9.17, 15) is 17.6 Å². The Hall–Kier alpha value is -2.45. The molecule has 0 atom stereocenters. The van der Waals surface area contributed by atoms with E-state index >= 15 is 0 Å². The van der Waals surface area contributed by atoms with Gasteiger partial charge < -0.3 is 10.1 Å². The van der Waals surface area contributed by atoms with Crippen LogP contribution in [-0.4, -0.2) is 38.8 Å². The number of piperidine rings is 1. The summed E-state index contributed by atoms with van der Waals surface area (Å²) < 4.78 is 45.3. The Morgan fingerprint density at radius 1 is 1.17 bits per heavy atom. The summed E-state index contributed by atoms with van der Waals surface area (Å²) in [6.07, 6.45) is 0.798. The first kappa shape index (κ1) is 21.3. The van der Waals surface area contributed by atoms with Crippen LogP contribution in [0.2, 0.25) is 0 Å². The number of hydrogen-bond acceptors (Lipinski definition) is 4. The molecule has 0 spiro atoms. The average Bonchev–Trinajstić information content (AvgIpc) is 2.72. The molecule has 1 saturated heterocycles. The molecule has 2 aromatic carbocycles. The van der Waals surface area contributed by atoms with Crippen LogP contribution in [0.25, 0.3) is 0 Å². The number of sulfonamides is 1. The van der Waals surface area contributed by atoms with Crippen LogP contribution < -0.4 is 10.1 Å². The normalized spacial score (nSPS) is 16.9. The minimum Gasteiger partial charge on any atom is -0.497 e. The highest BCUT2D eigenvalue weighted by atomic mass is 32.2. The Labute approximate surface area is 170 Å². The number of nitrogens with one attached hydrogen (secondary N) is 1. The molecule has 29 heavy (non-hydrogen) atoms. The van der Waals surface area contributed by atoms with Crippen molar-refractivity contribution in [2.75, 3.05) is 20.2 Å². The summed E-state index contributed by atoms with van der Waals surface area (Å²) in [6.45, 7) is 2.67. The van der Waals surface area contributed by atoms with Gasteiger partial charge in [-0.15, -0.1) is 0 Å². The van der Waals surface area contributed by atoms with Gasteiger partial charge in [0.2, 0.25) is 15.9 Å². The number of hydrogen-bond donors (Lipinski definition) is 1. The second-order valence-electron chi connectivity index (χ2n) is 7.45. The van der Waals surface area contributed by atoms with E-state index in [2.05, 4.69) is 5.32 Å². The monoisotopic (exact) mass is 420 g/mol. The third-order valence-electron chi connectivity index (χ3n) is 5.42. The van der Waals surface area contributed by atoms with Crippen LogP contribution in [0, 0.1) is 11.2 Å². The van der Waals surface area contributed by atoms with Crippen molar-refractivity contribution in [3.05, 3.63) is 59.9 Å². The number of benzene rings is 2. The molecule has 8 heteroatoms. The number of carbonyl (C=O) groups excluding carboxylic acids is 1. The largest absolute Gasteiger partial charge is 0.497 e. The van der Waals surface area contributed by atoms with E-state index in [1.54, 1.807) is 7.11 Å². The van der Waals surface area contributed by atoms with Gasteiger partial charge in [-0.2, -0.15) is 4.31 Å². The predicted octanol–water partition coefficient (Wildman–Crippen LogP) is 2.94. The Bertz CT molecular complexity index is 968. The molecule has 0 unspecified atom stereocenters. The zero-order valence-electron chi connectivity index (χ0n) is 16.5. The summed E-state index contributed by atoms with van der Waals surface area (Å²) in [5, 5.41) is 2.94. The predicted molar refractivity (Wildman–Crippen MR) is 107 cm³/mol. The number of nitrogens with zero attached hydrogens (tertiary/aromatic N) is 1. The smallest absolute Gasteiger partial charge is 0.243 e. The molecule has 2 aromatic rings. The molecule has 1 fully saturated rings. The molecule has 156 valence electrons. The van der Waals surface area contributed by atoms with E-state index in [4.69, 9.17) is 4.74 Å². The van der Waals surface area contributed by atoms with Crippen LogP contribution in [0.3, 0.4) is 0 Å². The van der Waals surface area contributed by atoms with Gasteiger partial charge in [0.05, 0.1) is 12.0 Å². The highest BCUT2D eigenvalue weighted by molar-refractivity contribution is 7.89. The average molecular weight is 421 g/mol. The van der Waals surface area contributed by atoms with Crippen molar-refractivity contribution >= 4 is 15.9 Å². The lowest BCUT2D eigenvalue weighted by Crippen LogP contribution is -2.48.